The number of rotatable bonds is 11. The third-order valence-corrected chi connectivity index (χ3v) is 5.10. The quantitative estimate of drug-likeness (QED) is 0.440. The summed E-state index contributed by atoms with van der Waals surface area (Å²) in [6, 6.07) is 0. The lowest BCUT2D eigenvalue weighted by atomic mass is 10.0. The second-order valence-corrected chi connectivity index (χ2v) is 7.07. The largest absolute Gasteiger partial charge is 0.444 e. The lowest BCUT2D eigenvalue weighted by Crippen LogP contribution is -2.26. The number of ether oxygens (including phenoxy) is 1. The molecule has 26 heavy (non-hydrogen) atoms. The van der Waals surface area contributed by atoms with E-state index in [1.165, 1.54) is 18.5 Å². The minimum atomic E-state index is -0.237. The first-order chi connectivity index (χ1) is 12.5. The molecule has 0 aromatic heterocycles. The van der Waals surface area contributed by atoms with Crippen molar-refractivity contribution >= 4 is 6.09 Å². The Morgan fingerprint density at radius 3 is 2.46 bits per heavy atom. The summed E-state index contributed by atoms with van der Waals surface area (Å²) in [4.78, 5) is 16.3. The number of amides is 1. The minimum absolute atomic E-state index is 0.000779. The second kappa shape index (κ2) is 11.8. The van der Waals surface area contributed by atoms with Crippen molar-refractivity contribution in [3.63, 3.8) is 0 Å². The van der Waals surface area contributed by atoms with Gasteiger partial charge in [0, 0.05) is 24.5 Å². The Labute approximate surface area is 160 Å². The molecule has 1 amide bonds. The summed E-state index contributed by atoms with van der Waals surface area (Å²) >= 11 is 0. The van der Waals surface area contributed by atoms with Crippen LogP contribution in [0.5, 0.6) is 0 Å². The van der Waals surface area contributed by atoms with Gasteiger partial charge < -0.3 is 9.64 Å². The molecule has 1 rings (SSSR count). The lowest BCUT2D eigenvalue weighted by molar-refractivity contribution is 0.133. The molecule has 1 heterocycles. The Hall–Kier alpha value is -1.71. The molecule has 1 aliphatic heterocycles. The fraction of sp³-hybridized carbons (Fsp3) is 0.682. The van der Waals surface area contributed by atoms with Gasteiger partial charge in [-0.05, 0) is 51.2 Å². The van der Waals surface area contributed by atoms with Gasteiger partial charge in [-0.15, -0.1) is 0 Å². The number of carbonyl (C=O) groups excluding carboxylic acids is 1. The number of hydrogen-bond donors (Lipinski definition) is 0. The molecule has 2 atom stereocenters. The van der Waals surface area contributed by atoms with Crippen molar-refractivity contribution in [3.8, 4) is 0 Å². The summed E-state index contributed by atoms with van der Waals surface area (Å²) in [5, 5.41) is 0. The number of allylic oxidation sites excluding steroid dienone is 4. The molecule has 148 valence electrons. The average molecular weight is 363 g/mol. The standard InChI is InChI=1S/C22H38N2O2/c1-7-15-23(16-14-18(6)8-2)19(9-3)12-13-20(10-4)24-17-21(11-5)26-22(24)25/h9-10,12-13,18,21H,7-8,11,14-17H2,1-6H3/b13-12-,19-9+,20-10+. The predicted molar refractivity (Wildman–Crippen MR) is 110 cm³/mol. The van der Waals surface area contributed by atoms with Crippen molar-refractivity contribution in [2.75, 3.05) is 19.6 Å². The van der Waals surface area contributed by atoms with Gasteiger partial charge in [-0.2, -0.15) is 0 Å². The van der Waals surface area contributed by atoms with E-state index in [-0.39, 0.29) is 12.2 Å². The number of cyclic esters (lactones) is 1. The molecule has 0 N–H and O–H groups in total. The molecule has 1 saturated heterocycles. The maximum absolute atomic E-state index is 12.1. The Morgan fingerprint density at radius 1 is 1.23 bits per heavy atom. The van der Waals surface area contributed by atoms with Crippen molar-refractivity contribution < 1.29 is 9.53 Å². The van der Waals surface area contributed by atoms with Crippen molar-refractivity contribution in [2.24, 2.45) is 5.92 Å². The van der Waals surface area contributed by atoms with Gasteiger partial charge in [0.25, 0.3) is 0 Å². The first kappa shape index (κ1) is 22.3. The van der Waals surface area contributed by atoms with Crippen LogP contribution in [-0.2, 0) is 4.74 Å². The zero-order valence-electron chi connectivity index (χ0n) is 17.6. The highest BCUT2D eigenvalue weighted by Crippen LogP contribution is 2.21. The fourth-order valence-corrected chi connectivity index (χ4v) is 3.06. The van der Waals surface area contributed by atoms with E-state index in [0.29, 0.717) is 6.54 Å². The number of nitrogens with zero attached hydrogens (tertiary/aromatic N) is 2. The molecule has 0 aliphatic carbocycles. The van der Waals surface area contributed by atoms with Gasteiger partial charge in [0.2, 0.25) is 0 Å². The predicted octanol–water partition coefficient (Wildman–Crippen LogP) is 5.73. The fourth-order valence-electron chi connectivity index (χ4n) is 3.06. The molecule has 4 nitrogen and oxygen atoms in total. The zero-order valence-corrected chi connectivity index (χ0v) is 17.6. The third kappa shape index (κ3) is 6.54. The van der Waals surface area contributed by atoms with Crippen LogP contribution in [0, 0.1) is 5.92 Å². The Bertz CT molecular complexity index is 522. The van der Waals surface area contributed by atoms with Crippen LogP contribution in [0.25, 0.3) is 0 Å². The van der Waals surface area contributed by atoms with Crippen LogP contribution < -0.4 is 0 Å². The van der Waals surface area contributed by atoms with E-state index in [2.05, 4.69) is 44.7 Å². The van der Waals surface area contributed by atoms with Gasteiger partial charge in [0.1, 0.15) is 6.10 Å². The van der Waals surface area contributed by atoms with Crippen LogP contribution >= 0.6 is 0 Å². The second-order valence-electron chi connectivity index (χ2n) is 7.07. The molecule has 0 aromatic carbocycles. The molecule has 4 heteroatoms. The van der Waals surface area contributed by atoms with E-state index in [1.807, 2.05) is 26.0 Å². The Kier molecular flexibility index (Phi) is 10.2. The summed E-state index contributed by atoms with van der Waals surface area (Å²) in [6.07, 6.45) is 12.5. The molecule has 1 fully saturated rings. The highest BCUT2D eigenvalue weighted by atomic mass is 16.6. The van der Waals surface area contributed by atoms with Crippen LogP contribution in [0.15, 0.2) is 35.7 Å². The maximum atomic E-state index is 12.1. The van der Waals surface area contributed by atoms with Gasteiger partial charge in [-0.1, -0.05) is 46.3 Å². The molecule has 0 spiro atoms. The zero-order chi connectivity index (χ0) is 19.5. The molecule has 0 bridgehead atoms. The summed E-state index contributed by atoms with van der Waals surface area (Å²) < 4.78 is 5.39. The molecule has 0 aromatic rings. The first-order valence-corrected chi connectivity index (χ1v) is 10.2. The third-order valence-electron chi connectivity index (χ3n) is 5.10. The molecular weight excluding hydrogens is 324 g/mol. The molecular formula is C22H38N2O2. The van der Waals surface area contributed by atoms with Gasteiger partial charge in [0.15, 0.2) is 0 Å². The van der Waals surface area contributed by atoms with Gasteiger partial charge in [-0.3, -0.25) is 4.90 Å². The normalized spacial score (nSPS) is 20.0. The van der Waals surface area contributed by atoms with Crippen molar-refractivity contribution in [3.05, 3.63) is 35.7 Å². The summed E-state index contributed by atoms with van der Waals surface area (Å²) in [7, 11) is 0. The highest BCUT2D eigenvalue weighted by Gasteiger charge is 2.31. The summed E-state index contributed by atoms with van der Waals surface area (Å²) in [5.74, 6) is 0.743. The van der Waals surface area contributed by atoms with Crippen LogP contribution in [0.1, 0.15) is 67.2 Å². The van der Waals surface area contributed by atoms with E-state index in [1.54, 1.807) is 4.90 Å². The molecule has 0 saturated carbocycles. The van der Waals surface area contributed by atoms with Crippen LogP contribution in [0.4, 0.5) is 4.79 Å². The van der Waals surface area contributed by atoms with Crippen LogP contribution in [0.3, 0.4) is 0 Å². The van der Waals surface area contributed by atoms with E-state index in [0.717, 1.165) is 37.5 Å². The Morgan fingerprint density at radius 2 is 1.96 bits per heavy atom. The molecule has 2 unspecified atom stereocenters. The molecule has 1 aliphatic rings. The first-order valence-electron chi connectivity index (χ1n) is 10.2. The molecule has 0 radical (unpaired) electrons. The summed E-state index contributed by atoms with van der Waals surface area (Å²) in [6.45, 7) is 15.6. The van der Waals surface area contributed by atoms with Crippen molar-refractivity contribution in [1.82, 2.24) is 9.80 Å². The SMILES string of the molecule is C\C=C(/C=C\C(=C/C)N1CC(CC)OC1=O)N(CCC)CCC(C)CC. The summed E-state index contributed by atoms with van der Waals surface area (Å²) in [5.41, 5.74) is 2.12. The monoisotopic (exact) mass is 362 g/mol. The Balaban J connectivity index is 2.83. The van der Waals surface area contributed by atoms with Gasteiger partial charge in [0.05, 0.1) is 6.54 Å². The van der Waals surface area contributed by atoms with E-state index >= 15 is 0 Å². The highest BCUT2D eigenvalue weighted by molar-refractivity contribution is 5.73. The number of carbonyl (C=O) groups is 1. The maximum Gasteiger partial charge on any atom is 0.414 e. The van der Waals surface area contributed by atoms with E-state index < -0.39 is 0 Å². The van der Waals surface area contributed by atoms with Crippen LogP contribution in [-0.4, -0.2) is 41.6 Å². The topological polar surface area (TPSA) is 32.8 Å². The smallest absolute Gasteiger partial charge is 0.414 e. The average Bonchev–Trinajstić information content (AvgIpc) is 3.03. The minimum Gasteiger partial charge on any atom is -0.444 e. The number of hydrogen-bond acceptors (Lipinski definition) is 3. The van der Waals surface area contributed by atoms with Crippen molar-refractivity contribution in [2.45, 2.75) is 73.3 Å². The van der Waals surface area contributed by atoms with Crippen molar-refractivity contribution in [1.29, 1.82) is 0 Å². The van der Waals surface area contributed by atoms with E-state index in [9.17, 15) is 4.79 Å². The lowest BCUT2D eigenvalue weighted by Gasteiger charge is -2.27. The van der Waals surface area contributed by atoms with E-state index in [4.69, 9.17) is 4.74 Å². The van der Waals surface area contributed by atoms with Gasteiger partial charge >= 0.3 is 6.09 Å². The van der Waals surface area contributed by atoms with Crippen LogP contribution in [0.2, 0.25) is 0 Å². The van der Waals surface area contributed by atoms with Gasteiger partial charge in [-0.25, -0.2) is 4.79 Å².